The number of methoxy groups -OCH3 is 3. The van der Waals surface area contributed by atoms with E-state index in [-0.39, 0.29) is 5.75 Å². The molecule has 0 saturated carbocycles. The molecule has 0 aliphatic carbocycles. The van der Waals surface area contributed by atoms with Crippen molar-refractivity contribution in [3.63, 3.8) is 0 Å². The van der Waals surface area contributed by atoms with Gasteiger partial charge in [0.25, 0.3) is 5.91 Å². The molecule has 0 aromatic heterocycles. The van der Waals surface area contributed by atoms with Crippen LogP contribution in [0.4, 0.5) is 0 Å². The van der Waals surface area contributed by atoms with Crippen molar-refractivity contribution < 1.29 is 28.5 Å². The molecule has 0 unspecified atom stereocenters. The lowest BCUT2D eigenvalue weighted by Gasteiger charge is -2.10. The largest absolute Gasteiger partial charge is 0.493 e. The van der Waals surface area contributed by atoms with Crippen LogP contribution in [0.25, 0.3) is 0 Å². The van der Waals surface area contributed by atoms with E-state index in [0.29, 0.717) is 33.9 Å². The molecule has 0 radical (unpaired) electrons. The zero-order chi connectivity index (χ0) is 22.9. The number of carbonyl (C=O) groups is 2. The van der Waals surface area contributed by atoms with Gasteiger partial charge in [-0.1, -0.05) is 18.2 Å². The minimum Gasteiger partial charge on any atom is -0.493 e. The number of benzene rings is 3. The summed E-state index contributed by atoms with van der Waals surface area (Å²) in [6, 6.07) is 18.4. The monoisotopic (exact) mass is 434 g/mol. The van der Waals surface area contributed by atoms with E-state index >= 15 is 0 Å². The first kappa shape index (κ1) is 22.4. The van der Waals surface area contributed by atoms with Gasteiger partial charge in [0.2, 0.25) is 0 Å². The molecule has 32 heavy (non-hydrogen) atoms. The molecule has 8 heteroatoms. The van der Waals surface area contributed by atoms with Gasteiger partial charge in [0, 0.05) is 5.56 Å². The van der Waals surface area contributed by atoms with Gasteiger partial charge in [0.1, 0.15) is 0 Å². The number of nitrogens with one attached hydrogen (secondary N) is 1. The van der Waals surface area contributed by atoms with Crippen LogP contribution in [-0.2, 0) is 0 Å². The minimum absolute atomic E-state index is 0.271. The zero-order valence-electron chi connectivity index (χ0n) is 17.8. The number of amides is 1. The number of hydrazone groups is 1. The highest BCUT2D eigenvalue weighted by Gasteiger charge is 2.13. The predicted molar refractivity (Wildman–Crippen MR) is 119 cm³/mol. The third-order valence-electron chi connectivity index (χ3n) is 4.43. The molecule has 1 N–H and O–H groups in total. The second-order valence-corrected chi connectivity index (χ2v) is 6.43. The Bertz CT molecular complexity index is 1130. The minimum atomic E-state index is -0.493. The van der Waals surface area contributed by atoms with Gasteiger partial charge in [-0.3, -0.25) is 4.79 Å². The fourth-order valence-electron chi connectivity index (χ4n) is 2.79. The zero-order valence-corrected chi connectivity index (χ0v) is 17.8. The van der Waals surface area contributed by atoms with Crippen molar-refractivity contribution in [2.45, 2.75) is 0 Å². The first-order valence-corrected chi connectivity index (χ1v) is 9.56. The van der Waals surface area contributed by atoms with Gasteiger partial charge in [0.05, 0.1) is 33.1 Å². The Hall–Kier alpha value is -4.33. The highest BCUT2D eigenvalue weighted by atomic mass is 16.6. The maximum absolute atomic E-state index is 12.3. The van der Waals surface area contributed by atoms with Crippen LogP contribution in [0.1, 0.15) is 26.3 Å². The van der Waals surface area contributed by atoms with Crippen molar-refractivity contribution in [3.8, 4) is 23.0 Å². The van der Waals surface area contributed by atoms with E-state index < -0.39 is 11.9 Å². The van der Waals surface area contributed by atoms with E-state index in [2.05, 4.69) is 10.5 Å². The van der Waals surface area contributed by atoms with E-state index in [1.807, 2.05) is 6.07 Å². The standard InChI is InChI=1S/C24H22N2O6/c1-29-19-12-10-18(14-22(19)31-3)23(27)26-25-15-16-9-11-20(21(13-16)30-2)32-24(28)17-7-5-4-6-8-17/h4-15H,1-3H3,(H,26,27)/b25-15+. The van der Waals surface area contributed by atoms with E-state index in [0.717, 1.165) is 0 Å². The van der Waals surface area contributed by atoms with Gasteiger partial charge in [-0.05, 0) is 54.1 Å². The number of carbonyl (C=O) groups excluding carboxylic acids is 2. The van der Waals surface area contributed by atoms with Crippen molar-refractivity contribution >= 4 is 18.1 Å². The molecule has 0 atom stereocenters. The second-order valence-electron chi connectivity index (χ2n) is 6.43. The van der Waals surface area contributed by atoms with Crippen LogP contribution in [0, 0.1) is 0 Å². The molecule has 0 fully saturated rings. The Morgan fingerprint density at radius 1 is 0.750 bits per heavy atom. The maximum Gasteiger partial charge on any atom is 0.343 e. The fraction of sp³-hybridized carbons (Fsp3) is 0.125. The molecule has 164 valence electrons. The molecular formula is C24H22N2O6. The number of ether oxygens (including phenoxy) is 4. The van der Waals surface area contributed by atoms with Crippen LogP contribution in [0.3, 0.4) is 0 Å². The number of hydrogen-bond donors (Lipinski definition) is 1. The number of esters is 1. The Morgan fingerprint density at radius 3 is 2.09 bits per heavy atom. The average Bonchev–Trinajstić information content (AvgIpc) is 2.84. The summed E-state index contributed by atoms with van der Waals surface area (Å²) in [5.74, 6) is 0.676. The molecule has 0 spiro atoms. The summed E-state index contributed by atoms with van der Waals surface area (Å²) >= 11 is 0. The van der Waals surface area contributed by atoms with Gasteiger partial charge < -0.3 is 18.9 Å². The molecular weight excluding hydrogens is 412 g/mol. The smallest absolute Gasteiger partial charge is 0.343 e. The third kappa shape index (κ3) is 5.42. The van der Waals surface area contributed by atoms with E-state index in [1.54, 1.807) is 60.7 Å². The summed E-state index contributed by atoms with van der Waals surface area (Å²) in [7, 11) is 4.48. The molecule has 3 aromatic carbocycles. The predicted octanol–water partition coefficient (Wildman–Crippen LogP) is 3.70. The molecule has 8 nitrogen and oxygen atoms in total. The van der Waals surface area contributed by atoms with Gasteiger partial charge >= 0.3 is 5.97 Å². The highest BCUT2D eigenvalue weighted by molar-refractivity contribution is 5.95. The molecule has 3 aromatic rings. The number of rotatable bonds is 8. The summed E-state index contributed by atoms with van der Waals surface area (Å²) in [6.07, 6.45) is 1.45. The van der Waals surface area contributed by atoms with Crippen LogP contribution in [-0.4, -0.2) is 39.4 Å². The summed E-state index contributed by atoms with van der Waals surface area (Å²) in [5, 5.41) is 3.97. The highest BCUT2D eigenvalue weighted by Crippen LogP contribution is 2.29. The molecule has 0 saturated heterocycles. The quantitative estimate of drug-likeness (QED) is 0.251. The summed E-state index contributed by atoms with van der Waals surface area (Å²) in [5.41, 5.74) is 3.87. The third-order valence-corrected chi connectivity index (χ3v) is 4.43. The lowest BCUT2D eigenvalue weighted by atomic mass is 10.2. The Morgan fingerprint density at radius 2 is 1.41 bits per heavy atom. The van der Waals surface area contributed by atoms with Crippen molar-refractivity contribution in [3.05, 3.63) is 83.4 Å². The molecule has 0 aliphatic heterocycles. The van der Waals surface area contributed by atoms with Crippen LogP contribution < -0.4 is 24.4 Å². The first-order valence-electron chi connectivity index (χ1n) is 9.56. The normalized spacial score (nSPS) is 10.5. The van der Waals surface area contributed by atoms with Crippen LogP contribution in [0.15, 0.2) is 71.8 Å². The molecule has 0 bridgehead atoms. The van der Waals surface area contributed by atoms with E-state index in [4.69, 9.17) is 18.9 Å². The van der Waals surface area contributed by atoms with E-state index in [9.17, 15) is 9.59 Å². The molecule has 0 heterocycles. The first-order chi connectivity index (χ1) is 15.5. The van der Waals surface area contributed by atoms with Crippen molar-refractivity contribution in [2.24, 2.45) is 5.10 Å². The Kier molecular flexibility index (Phi) is 7.42. The Labute approximate surface area is 185 Å². The SMILES string of the molecule is COc1ccc(C(=O)N/N=C/c2ccc(OC(=O)c3ccccc3)c(OC)c2)cc1OC. The number of nitrogens with zero attached hydrogens (tertiary/aromatic N) is 1. The summed E-state index contributed by atoms with van der Waals surface area (Å²) in [4.78, 5) is 24.6. The van der Waals surface area contributed by atoms with Crippen LogP contribution in [0.2, 0.25) is 0 Å². The van der Waals surface area contributed by atoms with Crippen LogP contribution >= 0.6 is 0 Å². The molecule has 0 aliphatic rings. The van der Waals surface area contributed by atoms with Gasteiger partial charge in [-0.15, -0.1) is 0 Å². The second kappa shape index (κ2) is 10.6. The fourth-order valence-corrected chi connectivity index (χ4v) is 2.79. The lowest BCUT2D eigenvalue weighted by molar-refractivity contribution is 0.0729. The van der Waals surface area contributed by atoms with E-state index in [1.165, 1.54) is 27.5 Å². The summed E-state index contributed by atoms with van der Waals surface area (Å²) < 4.78 is 21.1. The van der Waals surface area contributed by atoms with Gasteiger partial charge in [0.15, 0.2) is 23.0 Å². The topological polar surface area (TPSA) is 95.5 Å². The Balaban J connectivity index is 1.67. The van der Waals surface area contributed by atoms with Gasteiger partial charge in [-0.25, -0.2) is 10.2 Å². The summed E-state index contributed by atoms with van der Waals surface area (Å²) in [6.45, 7) is 0. The van der Waals surface area contributed by atoms with Crippen molar-refractivity contribution in [2.75, 3.05) is 21.3 Å². The van der Waals surface area contributed by atoms with Gasteiger partial charge in [-0.2, -0.15) is 5.10 Å². The number of hydrogen-bond acceptors (Lipinski definition) is 7. The van der Waals surface area contributed by atoms with Crippen LogP contribution in [0.5, 0.6) is 23.0 Å². The average molecular weight is 434 g/mol. The lowest BCUT2D eigenvalue weighted by Crippen LogP contribution is -2.17. The maximum atomic E-state index is 12.3. The van der Waals surface area contributed by atoms with Crippen molar-refractivity contribution in [1.82, 2.24) is 5.43 Å². The van der Waals surface area contributed by atoms with Crippen molar-refractivity contribution in [1.29, 1.82) is 0 Å². The molecule has 1 amide bonds. The molecule has 3 rings (SSSR count).